The zero-order valence-electron chi connectivity index (χ0n) is 19.5. The van der Waals surface area contributed by atoms with Gasteiger partial charge in [0.2, 0.25) is 0 Å². The summed E-state index contributed by atoms with van der Waals surface area (Å²) in [5.41, 5.74) is -0.505. The van der Waals surface area contributed by atoms with E-state index < -0.39 is 5.60 Å². The highest BCUT2D eigenvalue weighted by Crippen LogP contribution is 2.11. The number of aliphatic imine (C=N–C) groups is 1. The van der Waals surface area contributed by atoms with Crippen LogP contribution in [-0.2, 0) is 9.47 Å². The summed E-state index contributed by atoms with van der Waals surface area (Å²) in [6, 6.07) is 0.363. The quantitative estimate of drug-likeness (QED) is 0.305. The van der Waals surface area contributed by atoms with Crippen LogP contribution in [0, 0.1) is 5.92 Å². The summed E-state index contributed by atoms with van der Waals surface area (Å²) in [5, 5.41) is 9.84. The predicted molar refractivity (Wildman–Crippen MR) is 118 cm³/mol. The number of carbonyl (C=O) groups is 1. The number of hydrogen-bond donors (Lipinski definition) is 3. The van der Waals surface area contributed by atoms with Gasteiger partial charge in [-0.05, 0) is 46.0 Å². The van der Waals surface area contributed by atoms with Gasteiger partial charge in [0, 0.05) is 53.0 Å². The largest absolute Gasteiger partial charge is 0.444 e. The van der Waals surface area contributed by atoms with E-state index >= 15 is 0 Å². The molecular weight excluding hydrogens is 370 g/mol. The number of methoxy groups -OCH3 is 1. The second-order valence-electron chi connectivity index (χ2n) is 9.06. The van der Waals surface area contributed by atoms with Crippen molar-refractivity contribution in [2.45, 2.75) is 71.6 Å². The molecule has 1 rings (SSSR count). The molecular formula is C21H43N5O3. The predicted octanol–water partition coefficient (Wildman–Crippen LogP) is 2.20. The van der Waals surface area contributed by atoms with Crippen LogP contribution < -0.4 is 16.0 Å². The number of nitrogens with zero attached hydrogens (tertiary/aromatic N) is 2. The number of nitrogens with one attached hydrogen (secondary N) is 3. The Bertz CT molecular complexity index is 497. The molecule has 1 aliphatic rings. The van der Waals surface area contributed by atoms with Gasteiger partial charge in [0.15, 0.2) is 5.96 Å². The topological polar surface area (TPSA) is 87.2 Å². The standard InChI is InChI=1S/C21H43N5O3/c1-16(2)18(25-20(27)29-21(3,4)5)15-23-19(22-6)24-17-9-12-26(13-10-17)11-8-14-28-7/h16-18H,8-15H2,1-7H3,(H,25,27)(H2,22,23,24). The molecule has 3 N–H and O–H groups in total. The van der Waals surface area contributed by atoms with Gasteiger partial charge in [0.05, 0.1) is 6.04 Å². The maximum absolute atomic E-state index is 12.1. The Morgan fingerprint density at radius 1 is 1.24 bits per heavy atom. The fraction of sp³-hybridized carbons (Fsp3) is 0.905. The molecule has 0 bridgehead atoms. The molecule has 29 heavy (non-hydrogen) atoms. The number of alkyl carbamates (subject to hydrolysis) is 1. The van der Waals surface area contributed by atoms with E-state index in [-0.39, 0.29) is 18.1 Å². The van der Waals surface area contributed by atoms with E-state index in [1.165, 1.54) is 0 Å². The molecule has 1 fully saturated rings. The Labute approximate surface area is 177 Å². The highest BCUT2D eigenvalue weighted by molar-refractivity contribution is 5.80. The van der Waals surface area contributed by atoms with E-state index in [1.807, 2.05) is 20.8 Å². The normalized spacial score (nSPS) is 17.9. The molecule has 0 radical (unpaired) electrons. The number of likely N-dealkylation sites (tertiary alicyclic amines) is 1. The smallest absolute Gasteiger partial charge is 0.407 e. The molecule has 1 unspecified atom stereocenters. The highest BCUT2D eigenvalue weighted by Gasteiger charge is 2.23. The second kappa shape index (κ2) is 12.9. The summed E-state index contributed by atoms with van der Waals surface area (Å²) in [6.45, 7) is 14.5. The number of hydrogen-bond acceptors (Lipinski definition) is 5. The molecule has 0 aliphatic carbocycles. The minimum Gasteiger partial charge on any atom is -0.444 e. The Morgan fingerprint density at radius 3 is 2.41 bits per heavy atom. The molecule has 1 amide bonds. The van der Waals surface area contributed by atoms with Crippen LogP contribution in [0.3, 0.4) is 0 Å². The van der Waals surface area contributed by atoms with Gasteiger partial charge >= 0.3 is 6.09 Å². The first-order valence-electron chi connectivity index (χ1n) is 10.8. The molecule has 8 nitrogen and oxygen atoms in total. The van der Waals surface area contributed by atoms with Gasteiger partial charge in [-0.15, -0.1) is 0 Å². The van der Waals surface area contributed by atoms with Crippen molar-refractivity contribution in [2.75, 3.05) is 46.9 Å². The van der Waals surface area contributed by atoms with Crippen LogP contribution in [0.15, 0.2) is 4.99 Å². The summed E-state index contributed by atoms with van der Waals surface area (Å²) in [6.07, 6.45) is 2.88. The van der Waals surface area contributed by atoms with Gasteiger partial charge in [-0.2, -0.15) is 0 Å². The van der Waals surface area contributed by atoms with Crippen LogP contribution in [0.2, 0.25) is 0 Å². The van der Waals surface area contributed by atoms with Crippen LogP contribution in [0.5, 0.6) is 0 Å². The SMILES string of the molecule is CN=C(NCC(NC(=O)OC(C)(C)C)C(C)C)NC1CCN(CCCOC)CC1. The van der Waals surface area contributed by atoms with Gasteiger partial charge in [-0.25, -0.2) is 4.79 Å². The summed E-state index contributed by atoms with van der Waals surface area (Å²) in [4.78, 5) is 19.0. The van der Waals surface area contributed by atoms with Crippen LogP contribution in [0.25, 0.3) is 0 Å². The van der Waals surface area contributed by atoms with Gasteiger partial charge in [0.25, 0.3) is 0 Å². The van der Waals surface area contributed by atoms with Crippen molar-refractivity contribution in [3.63, 3.8) is 0 Å². The molecule has 0 aromatic rings. The summed E-state index contributed by atoms with van der Waals surface area (Å²) >= 11 is 0. The van der Waals surface area contributed by atoms with Gasteiger partial charge < -0.3 is 30.3 Å². The summed E-state index contributed by atoms with van der Waals surface area (Å²) in [7, 11) is 3.53. The van der Waals surface area contributed by atoms with E-state index in [4.69, 9.17) is 9.47 Å². The zero-order valence-corrected chi connectivity index (χ0v) is 19.5. The number of piperidine rings is 1. The lowest BCUT2D eigenvalue weighted by atomic mass is 10.0. The molecule has 1 aliphatic heterocycles. The number of rotatable bonds is 9. The number of ether oxygens (including phenoxy) is 2. The van der Waals surface area contributed by atoms with E-state index in [0.717, 1.165) is 51.5 Å². The lowest BCUT2D eigenvalue weighted by Crippen LogP contribution is -2.53. The van der Waals surface area contributed by atoms with E-state index in [9.17, 15) is 4.79 Å². The van der Waals surface area contributed by atoms with Crippen molar-refractivity contribution in [3.8, 4) is 0 Å². The fourth-order valence-electron chi connectivity index (χ4n) is 3.24. The van der Waals surface area contributed by atoms with Gasteiger partial charge in [-0.3, -0.25) is 4.99 Å². The maximum atomic E-state index is 12.1. The number of carbonyl (C=O) groups excluding carboxylic acids is 1. The lowest BCUT2D eigenvalue weighted by Gasteiger charge is -2.33. The van der Waals surface area contributed by atoms with Crippen LogP contribution in [0.1, 0.15) is 53.9 Å². The monoisotopic (exact) mass is 413 g/mol. The molecule has 0 spiro atoms. The van der Waals surface area contributed by atoms with E-state index in [0.29, 0.717) is 12.6 Å². The Balaban J connectivity index is 2.41. The number of guanidine groups is 1. The number of amides is 1. The molecule has 1 saturated heterocycles. The van der Waals surface area contributed by atoms with Crippen LogP contribution in [0.4, 0.5) is 4.79 Å². The third-order valence-corrected chi connectivity index (χ3v) is 4.97. The summed E-state index contributed by atoms with van der Waals surface area (Å²) in [5.74, 6) is 1.04. The van der Waals surface area contributed by atoms with E-state index in [2.05, 4.69) is 39.7 Å². The van der Waals surface area contributed by atoms with Crippen LogP contribution in [-0.4, -0.2) is 81.6 Å². The first-order chi connectivity index (χ1) is 13.6. The highest BCUT2D eigenvalue weighted by atomic mass is 16.6. The fourth-order valence-corrected chi connectivity index (χ4v) is 3.24. The molecule has 1 atom stereocenters. The van der Waals surface area contributed by atoms with Crippen molar-refractivity contribution in [1.29, 1.82) is 0 Å². The zero-order chi connectivity index (χ0) is 21.9. The molecule has 0 aromatic heterocycles. The van der Waals surface area contributed by atoms with Crippen molar-refractivity contribution < 1.29 is 14.3 Å². The molecule has 0 aromatic carbocycles. The third kappa shape index (κ3) is 11.3. The maximum Gasteiger partial charge on any atom is 0.407 e. The molecule has 170 valence electrons. The Morgan fingerprint density at radius 2 is 1.90 bits per heavy atom. The Kier molecular flexibility index (Phi) is 11.3. The first kappa shape index (κ1) is 25.5. The van der Waals surface area contributed by atoms with Crippen molar-refractivity contribution in [1.82, 2.24) is 20.9 Å². The van der Waals surface area contributed by atoms with E-state index in [1.54, 1.807) is 14.2 Å². The average Bonchev–Trinajstić information content (AvgIpc) is 2.63. The van der Waals surface area contributed by atoms with Crippen molar-refractivity contribution in [2.24, 2.45) is 10.9 Å². The Hall–Kier alpha value is -1.54. The third-order valence-electron chi connectivity index (χ3n) is 4.97. The van der Waals surface area contributed by atoms with Crippen LogP contribution >= 0.6 is 0 Å². The lowest BCUT2D eigenvalue weighted by molar-refractivity contribution is 0.0491. The summed E-state index contributed by atoms with van der Waals surface area (Å²) < 4.78 is 10.5. The minimum absolute atomic E-state index is 0.0500. The van der Waals surface area contributed by atoms with Gasteiger partial charge in [-0.1, -0.05) is 13.8 Å². The average molecular weight is 414 g/mol. The molecule has 0 saturated carbocycles. The van der Waals surface area contributed by atoms with Crippen molar-refractivity contribution >= 4 is 12.1 Å². The molecule has 1 heterocycles. The first-order valence-corrected chi connectivity index (χ1v) is 10.8. The molecule has 8 heteroatoms. The second-order valence-corrected chi connectivity index (χ2v) is 9.06. The van der Waals surface area contributed by atoms with Gasteiger partial charge in [0.1, 0.15) is 5.60 Å². The van der Waals surface area contributed by atoms with Crippen molar-refractivity contribution in [3.05, 3.63) is 0 Å². The minimum atomic E-state index is -0.505.